The Bertz CT molecular complexity index is 159. The standard InChI is InChI=1S/C11H23NO2/c1-4-5-6-9-12(3)10(2)7-8-11(13)14/h10H,4-9H2,1-3H3,(H,13,14). The number of carboxylic acid groups (broad SMARTS) is 1. The molecule has 0 saturated heterocycles. The number of aliphatic carboxylic acids is 1. The molecule has 0 aliphatic rings. The van der Waals surface area contributed by atoms with Crippen molar-refractivity contribution in [2.24, 2.45) is 0 Å². The van der Waals surface area contributed by atoms with E-state index in [0.29, 0.717) is 6.04 Å². The van der Waals surface area contributed by atoms with Gasteiger partial charge in [-0.05, 0) is 33.4 Å². The van der Waals surface area contributed by atoms with Gasteiger partial charge in [0, 0.05) is 12.5 Å². The summed E-state index contributed by atoms with van der Waals surface area (Å²) in [6, 6.07) is 0.378. The molecule has 0 rings (SSSR count). The first-order valence-corrected chi connectivity index (χ1v) is 5.50. The lowest BCUT2D eigenvalue weighted by Crippen LogP contribution is -2.30. The van der Waals surface area contributed by atoms with E-state index in [9.17, 15) is 4.79 Å². The zero-order chi connectivity index (χ0) is 11.0. The van der Waals surface area contributed by atoms with E-state index in [2.05, 4.69) is 25.8 Å². The molecule has 14 heavy (non-hydrogen) atoms. The molecular formula is C11H23NO2. The number of nitrogens with zero attached hydrogens (tertiary/aromatic N) is 1. The molecule has 1 atom stereocenters. The van der Waals surface area contributed by atoms with E-state index in [1.807, 2.05) is 0 Å². The minimum Gasteiger partial charge on any atom is -0.481 e. The van der Waals surface area contributed by atoms with E-state index in [0.717, 1.165) is 13.0 Å². The zero-order valence-electron chi connectivity index (χ0n) is 9.62. The summed E-state index contributed by atoms with van der Waals surface area (Å²) in [6.45, 7) is 5.36. The maximum absolute atomic E-state index is 10.4. The lowest BCUT2D eigenvalue weighted by Gasteiger charge is -2.23. The molecule has 0 aliphatic heterocycles. The summed E-state index contributed by atoms with van der Waals surface area (Å²) < 4.78 is 0. The molecule has 84 valence electrons. The van der Waals surface area contributed by atoms with Crippen LogP contribution in [0.1, 0.15) is 46.0 Å². The van der Waals surface area contributed by atoms with Crippen LogP contribution in [0.2, 0.25) is 0 Å². The van der Waals surface area contributed by atoms with Gasteiger partial charge < -0.3 is 10.0 Å². The Morgan fingerprint density at radius 1 is 1.43 bits per heavy atom. The third-order valence-corrected chi connectivity index (χ3v) is 2.64. The molecule has 0 saturated carbocycles. The number of carboxylic acids is 1. The second kappa shape index (κ2) is 7.80. The molecular weight excluding hydrogens is 178 g/mol. The molecule has 0 aliphatic carbocycles. The normalized spacial score (nSPS) is 13.1. The third-order valence-electron chi connectivity index (χ3n) is 2.64. The first-order chi connectivity index (χ1) is 6.57. The Morgan fingerprint density at radius 2 is 2.07 bits per heavy atom. The fraction of sp³-hybridized carbons (Fsp3) is 0.909. The van der Waals surface area contributed by atoms with Gasteiger partial charge in [-0.2, -0.15) is 0 Å². The van der Waals surface area contributed by atoms with Crippen LogP contribution >= 0.6 is 0 Å². The Labute approximate surface area is 87.1 Å². The number of unbranched alkanes of at least 4 members (excludes halogenated alkanes) is 2. The van der Waals surface area contributed by atoms with Gasteiger partial charge in [0.2, 0.25) is 0 Å². The number of hydrogen-bond donors (Lipinski definition) is 1. The van der Waals surface area contributed by atoms with Gasteiger partial charge in [-0.25, -0.2) is 0 Å². The quantitative estimate of drug-likeness (QED) is 0.613. The number of rotatable bonds is 8. The van der Waals surface area contributed by atoms with Crippen molar-refractivity contribution in [3.05, 3.63) is 0 Å². The Morgan fingerprint density at radius 3 is 2.57 bits per heavy atom. The molecule has 0 heterocycles. The Kier molecular flexibility index (Phi) is 7.48. The van der Waals surface area contributed by atoms with E-state index in [1.54, 1.807) is 0 Å². The van der Waals surface area contributed by atoms with Crippen molar-refractivity contribution < 1.29 is 9.90 Å². The minimum absolute atomic E-state index is 0.277. The molecule has 0 fully saturated rings. The van der Waals surface area contributed by atoms with Crippen molar-refractivity contribution in [3.63, 3.8) is 0 Å². The maximum Gasteiger partial charge on any atom is 0.303 e. The van der Waals surface area contributed by atoms with E-state index in [4.69, 9.17) is 5.11 Å². The number of hydrogen-bond acceptors (Lipinski definition) is 2. The van der Waals surface area contributed by atoms with Crippen LogP contribution < -0.4 is 0 Å². The monoisotopic (exact) mass is 201 g/mol. The van der Waals surface area contributed by atoms with Crippen LogP contribution in [0.15, 0.2) is 0 Å². The van der Waals surface area contributed by atoms with E-state index >= 15 is 0 Å². The summed E-state index contributed by atoms with van der Waals surface area (Å²) in [6.07, 6.45) is 4.73. The van der Waals surface area contributed by atoms with Crippen LogP contribution in [0, 0.1) is 0 Å². The van der Waals surface area contributed by atoms with Crippen molar-refractivity contribution in [1.82, 2.24) is 4.90 Å². The molecule has 0 spiro atoms. The molecule has 1 unspecified atom stereocenters. The molecule has 0 bridgehead atoms. The smallest absolute Gasteiger partial charge is 0.303 e. The Hall–Kier alpha value is -0.570. The molecule has 0 aromatic heterocycles. The van der Waals surface area contributed by atoms with Crippen molar-refractivity contribution in [1.29, 1.82) is 0 Å². The summed E-state index contributed by atoms with van der Waals surface area (Å²) in [5.41, 5.74) is 0. The van der Waals surface area contributed by atoms with Crippen LogP contribution in [-0.4, -0.2) is 35.6 Å². The Balaban J connectivity index is 3.53. The van der Waals surface area contributed by atoms with Crippen molar-refractivity contribution in [2.45, 2.75) is 52.0 Å². The van der Waals surface area contributed by atoms with E-state index in [-0.39, 0.29) is 6.42 Å². The molecule has 3 nitrogen and oxygen atoms in total. The first-order valence-electron chi connectivity index (χ1n) is 5.50. The lowest BCUT2D eigenvalue weighted by molar-refractivity contribution is -0.137. The van der Waals surface area contributed by atoms with Gasteiger partial charge in [0.25, 0.3) is 0 Å². The van der Waals surface area contributed by atoms with E-state index < -0.39 is 5.97 Å². The SMILES string of the molecule is CCCCCN(C)C(C)CCC(=O)O. The molecule has 0 amide bonds. The fourth-order valence-electron chi connectivity index (χ4n) is 1.38. The van der Waals surface area contributed by atoms with Gasteiger partial charge in [-0.1, -0.05) is 19.8 Å². The summed E-state index contributed by atoms with van der Waals surface area (Å²) in [7, 11) is 2.07. The van der Waals surface area contributed by atoms with Crippen LogP contribution in [0.25, 0.3) is 0 Å². The third kappa shape index (κ3) is 6.89. The van der Waals surface area contributed by atoms with Crippen LogP contribution in [-0.2, 0) is 4.79 Å². The van der Waals surface area contributed by atoms with Gasteiger partial charge in [0.05, 0.1) is 0 Å². The highest BCUT2D eigenvalue weighted by atomic mass is 16.4. The average Bonchev–Trinajstić information content (AvgIpc) is 2.14. The zero-order valence-corrected chi connectivity index (χ0v) is 9.62. The average molecular weight is 201 g/mol. The van der Waals surface area contributed by atoms with Gasteiger partial charge in [0.15, 0.2) is 0 Å². The topological polar surface area (TPSA) is 40.5 Å². The van der Waals surface area contributed by atoms with Crippen LogP contribution in [0.5, 0.6) is 0 Å². The highest BCUT2D eigenvalue weighted by Gasteiger charge is 2.09. The van der Waals surface area contributed by atoms with Crippen LogP contribution in [0.3, 0.4) is 0 Å². The van der Waals surface area contributed by atoms with E-state index in [1.165, 1.54) is 19.3 Å². The number of carbonyl (C=O) groups is 1. The maximum atomic E-state index is 10.4. The fourth-order valence-corrected chi connectivity index (χ4v) is 1.38. The van der Waals surface area contributed by atoms with Crippen LogP contribution in [0.4, 0.5) is 0 Å². The largest absolute Gasteiger partial charge is 0.481 e. The van der Waals surface area contributed by atoms with Gasteiger partial charge in [-0.3, -0.25) is 4.79 Å². The highest BCUT2D eigenvalue weighted by Crippen LogP contribution is 2.06. The second-order valence-corrected chi connectivity index (χ2v) is 3.97. The predicted octanol–water partition coefficient (Wildman–Crippen LogP) is 2.36. The summed E-state index contributed by atoms with van der Waals surface area (Å²) in [5.74, 6) is -0.696. The molecule has 1 N–H and O–H groups in total. The molecule has 0 aromatic carbocycles. The summed E-state index contributed by atoms with van der Waals surface area (Å²) in [4.78, 5) is 12.6. The molecule has 3 heteroatoms. The second-order valence-electron chi connectivity index (χ2n) is 3.97. The predicted molar refractivity (Wildman–Crippen MR) is 58.5 cm³/mol. The van der Waals surface area contributed by atoms with Crippen molar-refractivity contribution >= 4 is 5.97 Å². The summed E-state index contributed by atoms with van der Waals surface area (Å²) >= 11 is 0. The highest BCUT2D eigenvalue weighted by molar-refractivity contribution is 5.66. The lowest BCUT2D eigenvalue weighted by atomic mass is 10.1. The van der Waals surface area contributed by atoms with Crippen molar-refractivity contribution in [3.8, 4) is 0 Å². The minimum atomic E-state index is -0.696. The first kappa shape index (κ1) is 13.4. The van der Waals surface area contributed by atoms with Gasteiger partial charge in [0.1, 0.15) is 0 Å². The summed E-state index contributed by atoms with van der Waals surface area (Å²) in [5, 5.41) is 8.54. The molecule has 0 aromatic rings. The van der Waals surface area contributed by atoms with Gasteiger partial charge in [-0.15, -0.1) is 0 Å². The van der Waals surface area contributed by atoms with Gasteiger partial charge >= 0.3 is 5.97 Å². The molecule has 0 radical (unpaired) electrons. The van der Waals surface area contributed by atoms with Crippen molar-refractivity contribution in [2.75, 3.05) is 13.6 Å².